The van der Waals surface area contributed by atoms with Crippen molar-refractivity contribution in [2.75, 3.05) is 39.4 Å². The summed E-state index contributed by atoms with van der Waals surface area (Å²) >= 11 is 0. The molecule has 3 heterocycles. The summed E-state index contributed by atoms with van der Waals surface area (Å²) in [6, 6.07) is 15.0. The number of aliphatic hydroxyl groups is 1. The minimum absolute atomic E-state index is 0.117. The van der Waals surface area contributed by atoms with Gasteiger partial charge in [0, 0.05) is 51.4 Å². The minimum atomic E-state index is -1.30. The van der Waals surface area contributed by atoms with Crippen LogP contribution in [0.2, 0.25) is 0 Å². The third-order valence-corrected chi connectivity index (χ3v) is 6.05. The van der Waals surface area contributed by atoms with Crippen molar-refractivity contribution >= 4 is 16.8 Å². The van der Waals surface area contributed by atoms with Gasteiger partial charge < -0.3 is 14.7 Å². The fourth-order valence-electron chi connectivity index (χ4n) is 4.20. The number of carbonyl (C=O) groups excluding carboxylic acids is 1. The highest BCUT2D eigenvalue weighted by molar-refractivity contribution is 5.86. The Bertz CT molecular complexity index is 1060. The minimum Gasteiger partial charge on any atom is -0.376 e. The number of nitrogens with zero attached hydrogens (tertiary/aromatic N) is 4. The van der Waals surface area contributed by atoms with E-state index in [1.165, 1.54) is 11.1 Å². The molecule has 7 heteroatoms. The van der Waals surface area contributed by atoms with Gasteiger partial charge in [-0.2, -0.15) is 5.10 Å². The van der Waals surface area contributed by atoms with Gasteiger partial charge in [-0.25, -0.2) is 0 Å². The van der Waals surface area contributed by atoms with Gasteiger partial charge >= 0.3 is 0 Å². The van der Waals surface area contributed by atoms with Crippen molar-refractivity contribution in [2.45, 2.75) is 12.1 Å². The van der Waals surface area contributed by atoms with Gasteiger partial charge in [-0.05, 0) is 22.8 Å². The van der Waals surface area contributed by atoms with E-state index in [0.29, 0.717) is 13.1 Å². The molecule has 2 aromatic carbocycles. The molecule has 1 amide bonds. The van der Waals surface area contributed by atoms with Gasteiger partial charge in [0.15, 0.2) is 5.60 Å². The van der Waals surface area contributed by atoms with E-state index in [1.54, 1.807) is 4.90 Å². The van der Waals surface area contributed by atoms with Gasteiger partial charge in [0.1, 0.15) is 0 Å². The Morgan fingerprint density at radius 1 is 1.07 bits per heavy atom. The van der Waals surface area contributed by atoms with Crippen molar-refractivity contribution in [3.63, 3.8) is 0 Å². The molecule has 2 aliphatic heterocycles. The number of hydrogen-bond donors (Lipinski definition) is 1. The van der Waals surface area contributed by atoms with Crippen LogP contribution < -0.4 is 0 Å². The average molecular weight is 406 g/mol. The lowest BCUT2D eigenvalue weighted by atomic mass is 10.00. The maximum atomic E-state index is 12.4. The number of amides is 1. The fourth-order valence-corrected chi connectivity index (χ4v) is 4.20. The van der Waals surface area contributed by atoms with Crippen LogP contribution >= 0.6 is 0 Å². The van der Waals surface area contributed by atoms with Crippen LogP contribution in [-0.4, -0.2) is 75.6 Å². The molecule has 0 radical (unpaired) electrons. The average Bonchev–Trinajstić information content (AvgIpc) is 3.12. The summed E-state index contributed by atoms with van der Waals surface area (Å²) < 4.78 is 6.84. The second kappa shape index (κ2) is 7.50. The Kier molecular flexibility index (Phi) is 4.81. The topological polar surface area (TPSA) is 70.8 Å². The molecule has 30 heavy (non-hydrogen) atoms. The third kappa shape index (κ3) is 3.60. The Morgan fingerprint density at radius 2 is 1.77 bits per heavy atom. The molecule has 1 N–H and O–H groups in total. The largest absolute Gasteiger partial charge is 0.376 e. The van der Waals surface area contributed by atoms with Gasteiger partial charge in [0.25, 0.3) is 5.91 Å². The normalized spacial score (nSPS) is 19.1. The molecule has 0 bridgehead atoms. The van der Waals surface area contributed by atoms with Crippen LogP contribution in [0.15, 0.2) is 48.7 Å². The highest BCUT2D eigenvalue weighted by atomic mass is 16.5. The van der Waals surface area contributed by atoms with Crippen molar-refractivity contribution < 1.29 is 14.6 Å². The molecular weight excluding hydrogens is 380 g/mol. The molecule has 0 spiro atoms. The Hall–Kier alpha value is -2.74. The predicted octanol–water partition coefficient (Wildman–Crippen LogP) is 1.65. The van der Waals surface area contributed by atoms with E-state index in [-0.39, 0.29) is 19.1 Å². The molecule has 0 saturated carbocycles. The molecule has 2 fully saturated rings. The summed E-state index contributed by atoms with van der Waals surface area (Å²) in [4.78, 5) is 16.5. The quantitative estimate of drug-likeness (QED) is 0.713. The van der Waals surface area contributed by atoms with Crippen LogP contribution in [0, 0.1) is 0 Å². The van der Waals surface area contributed by atoms with E-state index in [0.717, 1.165) is 36.1 Å². The first kappa shape index (κ1) is 19.2. The summed E-state index contributed by atoms with van der Waals surface area (Å²) in [5.41, 5.74) is 3.31. The second-order valence-corrected chi connectivity index (χ2v) is 8.37. The number of hydrogen-bond acceptors (Lipinski definition) is 5. The maximum absolute atomic E-state index is 12.4. The van der Waals surface area contributed by atoms with Gasteiger partial charge in [0.05, 0.1) is 18.7 Å². The number of aromatic nitrogens is 2. The second-order valence-electron chi connectivity index (χ2n) is 8.37. The molecule has 3 aromatic rings. The first-order valence-electron chi connectivity index (χ1n) is 10.3. The molecule has 7 nitrogen and oxygen atoms in total. The molecule has 2 saturated heterocycles. The van der Waals surface area contributed by atoms with Crippen molar-refractivity contribution in [1.82, 2.24) is 19.6 Å². The molecular formula is C23H26N4O3. The smallest absolute Gasteiger partial charge is 0.259 e. The van der Waals surface area contributed by atoms with Gasteiger partial charge in [0.2, 0.25) is 0 Å². The lowest BCUT2D eigenvalue weighted by Gasteiger charge is -2.42. The van der Waals surface area contributed by atoms with Crippen LogP contribution in [-0.2, 0) is 23.1 Å². The zero-order chi connectivity index (χ0) is 20.7. The number of rotatable bonds is 4. The van der Waals surface area contributed by atoms with Crippen molar-refractivity contribution in [3.8, 4) is 11.1 Å². The van der Waals surface area contributed by atoms with E-state index < -0.39 is 5.60 Å². The van der Waals surface area contributed by atoms with Crippen LogP contribution in [0.4, 0.5) is 0 Å². The summed E-state index contributed by atoms with van der Waals surface area (Å²) in [6.07, 6.45) is 2.02. The fraction of sp³-hybridized carbons (Fsp3) is 0.391. The Morgan fingerprint density at radius 3 is 2.43 bits per heavy atom. The van der Waals surface area contributed by atoms with E-state index in [2.05, 4.69) is 52.5 Å². The number of piperazine rings is 1. The maximum Gasteiger partial charge on any atom is 0.259 e. The first-order chi connectivity index (χ1) is 14.5. The highest BCUT2D eigenvalue weighted by Crippen LogP contribution is 2.25. The van der Waals surface area contributed by atoms with E-state index in [9.17, 15) is 9.90 Å². The van der Waals surface area contributed by atoms with Crippen LogP contribution in [0.5, 0.6) is 0 Å². The summed E-state index contributed by atoms with van der Waals surface area (Å²) in [5.74, 6) is -0.192. The van der Waals surface area contributed by atoms with Gasteiger partial charge in [-0.3, -0.25) is 14.4 Å². The number of ether oxygens (including phenoxy) is 1. The molecule has 0 atom stereocenters. The monoisotopic (exact) mass is 406 g/mol. The molecule has 156 valence electrons. The third-order valence-electron chi connectivity index (χ3n) is 6.05. The zero-order valence-electron chi connectivity index (χ0n) is 17.1. The van der Waals surface area contributed by atoms with Gasteiger partial charge in [-0.1, -0.05) is 36.4 Å². The van der Waals surface area contributed by atoms with Crippen molar-refractivity contribution in [1.29, 1.82) is 0 Å². The zero-order valence-corrected chi connectivity index (χ0v) is 17.1. The van der Waals surface area contributed by atoms with E-state index in [4.69, 9.17) is 4.74 Å². The van der Waals surface area contributed by atoms with Crippen LogP contribution in [0.25, 0.3) is 22.0 Å². The lowest BCUT2D eigenvalue weighted by molar-refractivity contribution is -0.201. The molecule has 1 aromatic heterocycles. The van der Waals surface area contributed by atoms with E-state index >= 15 is 0 Å². The standard InChI is InChI=1S/C23H26N4O3/c1-25-14-20-7-6-19(12-21(20)24-25)18-4-2-17(3-5-18)13-26-8-10-27(11-9-26)22(28)23(29)15-30-16-23/h2-7,12,14,29H,8-11,13,15-16H2,1H3. The highest BCUT2D eigenvalue weighted by Gasteiger charge is 2.46. The molecule has 2 aliphatic rings. The SMILES string of the molecule is Cn1cc2ccc(-c3ccc(CN4CCN(C(=O)C5(O)COC5)CC4)cc3)cc2n1. The first-order valence-corrected chi connectivity index (χ1v) is 10.3. The van der Waals surface area contributed by atoms with Crippen molar-refractivity contribution in [3.05, 3.63) is 54.2 Å². The molecule has 5 rings (SSSR count). The number of aryl methyl sites for hydroxylation is 1. The van der Waals surface area contributed by atoms with Gasteiger partial charge in [-0.15, -0.1) is 0 Å². The lowest BCUT2D eigenvalue weighted by Crippen LogP contribution is -2.63. The van der Waals surface area contributed by atoms with Crippen LogP contribution in [0.3, 0.4) is 0 Å². The summed E-state index contributed by atoms with van der Waals surface area (Å²) in [5, 5.41) is 15.8. The number of fused-ring (bicyclic) bond motifs is 1. The van der Waals surface area contributed by atoms with Crippen molar-refractivity contribution in [2.24, 2.45) is 7.05 Å². The van der Waals surface area contributed by atoms with E-state index in [1.807, 2.05) is 17.9 Å². The number of carbonyl (C=O) groups is 1. The number of benzene rings is 2. The summed E-state index contributed by atoms with van der Waals surface area (Å²) in [6.45, 7) is 3.99. The Labute approximate surface area is 175 Å². The summed E-state index contributed by atoms with van der Waals surface area (Å²) in [7, 11) is 1.94. The van der Waals surface area contributed by atoms with Crippen LogP contribution in [0.1, 0.15) is 5.56 Å². The Balaban J connectivity index is 1.20. The predicted molar refractivity (Wildman–Crippen MR) is 114 cm³/mol. The molecule has 0 unspecified atom stereocenters. The molecule has 0 aliphatic carbocycles.